The van der Waals surface area contributed by atoms with Gasteiger partial charge in [0.05, 0.1) is 19.1 Å². The van der Waals surface area contributed by atoms with Crippen LogP contribution in [0.2, 0.25) is 0 Å². The van der Waals surface area contributed by atoms with Crippen molar-refractivity contribution in [3.63, 3.8) is 0 Å². The summed E-state index contributed by atoms with van der Waals surface area (Å²) in [6.07, 6.45) is 2.12. The molecule has 41 heavy (non-hydrogen) atoms. The molecule has 1 aliphatic rings. The summed E-state index contributed by atoms with van der Waals surface area (Å²) in [5, 5.41) is 6.85. The van der Waals surface area contributed by atoms with Crippen LogP contribution >= 0.6 is 0 Å². The van der Waals surface area contributed by atoms with Crippen LogP contribution < -0.4 is 14.8 Å². The van der Waals surface area contributed by atoms with Crippen molar-refractivity contribution in [2.45, 2.75) is 50.5 Å². The van der Waals surface area contributed by atoms with Gasteiger partial charge < -0.3 is 19.3 Å². The number of ether oxygens (including phenoxy) is 2. The molecule has 0 aliphatic heterocycles. The summed E-state index contributed by atoms with van der Waals surface area (Å²) < 4.78 is 43.5. The number of halogens is 2. The molecule has 2 unspecified atom stereocenters. The average Bonchev–Trinajstić information content (AvgIpc) is 3.50. The van der Waals surface area contributed by atoms with Crippen molar-refractivity contribution in [2.24, 2.45) is 0 Å². The number of esters is 1. The van der Waals surface area contributed by atoms with Crippen LogP contribution in [-0.2, 0) is 4.79 Å². The molecule has 1 saturated carbocycles. The van der Waals surface area contributed by atoms with Gasteiger partial charge in [0.1, 0.15) is 11.6 Å². The van der Waals surface area contributed by atoms with Crippen LogP contribution in [0.3, 0.4) is 0 Å². The maximum absolute atomic E-state index is 13.6. The zero-order valence-corrected chi connectivity index (χ0v) is 22.6. The van der Waals surface area contributed by atoms with Crippen molar-refractivity contribution < 1.29 is 32.4 Å². The van der Waals surface area contributed by atoms with Crippen LogP contribution in [0.25, 0.3) is 0 Å². The summed E-state index contributed by atoms with van der Waals surface area (Å²) in [5.41, 5.74) is 1.65. The predicted octanol–water partition coefficient (Wildman–Crippen LogP) is 5.61. The third-order valence-electron chi connectivity index (χ3n) is 6.98. The lowest BCUT2D eigenvalue weighted by Crippen LogP contribution is -2.29. The summed E-state index contributed by atoms with van der Waals surface area (Å²) in [5.74, 6) is -1.53. The highest BCUT2D eigenvalue weighted by Gasteiger charge is 2.56. The van der Waals surface area contributed by atoms with Crippen molar-refractivity contribution in [1.82, 2.24) is 20.4 Å². The Bertz CT molecular complexity index is 1490. The molecule has 0 bridgehead atoms. The molecule has 1 aliphatic carbocycles. The second-order valence-corrected chi connectivity index (χ2v) is 9.78. The van der Waals surface area contributed by atoms with E-state index in [0.29, 0.717) is 12.3 Å². The van der Waals surface area contributed by atoms with Crippen molar-refractivity contribution in [3.05, 3.63) is 101 Å². The SMILES string of the molecule is CCCC(=O)Oc1c(OC)ccnc1C(=O)N[C@@H](C)c1noc(C2C(c3ccc(F)cc3)C2c2ccc(F)cc2)n1. The van der Waals surface area contributed by atoms with Gasteiger partial charge in [0, 0.05) is 30.5 Å². The molecule has 5 rings (SSSR count). The van der Waals surface area contributed by atoms with Crippen molar-refractivity contribution in [3.8, 4) is 11.5 Å². The molecule has 2 aromatic heterocycles. The van der Waals surface area contributed by atoms with Gasteiger partial charge in [-0.05, 0) is 48.7 Å². The van der Waals surface area contributed by atoms with E-state index < -0.39 is 17.9 Å². The number of benzene rings is 2. The van der Waals surface area contributed by atoms with Crippen LogP contribution in [0.5, 0.6) is 11.5 Å². The zero-order valence-electron chi connectivity index (χ0n) is 22.6. The Labute approximate surface area is 234 Å². The lowest BCUT2D eigenvalue weighted by Gasteiger charge is -2.14. The van der Waals surface area contributed by atoms with E-state index in [1.807, 2.05) is 6.92 Å². The number of rotatable bonds is 10. The molecule has 3 atom stereocenters. The van der Waals surface area contributed by atoms with Gasteiger partial charge in [0.2, 0.25) is 11.6 Å². The van der Waals surface area contributed by atoms with E-state index in [4.69, 9.17) is 14.0 Å². The molecule has 2 aromatic carbocycles. The fourth-order valence-electron chi connectivity index (χ4n) is 4.93. The Hall–Kier alpha value is -4.67. The highest BCUT2D eigenvalue weighted by molar-refractivity contribution is 5.96. The number of nitrogens with zero attached hydrogens (tertiary/aromatic N) is 3. The van der Waals surface area contributed by atoms with Gasteiger partial charge in [-0.2, -0.15) is 4.98 Å². The predicted molar refractivity (Wildman–Crippen MR) is 143 cm³/mol. The van der Waals surface area contributed by atoms with E-state index in [2.05, 4.69) is 20.4 Å². The van der Waals surface area contributed by atoms with Gasteiger partial charge in [-0.15, -0.1) is 0 Å². The molecular formula is C30H28F2N4O5. The number of aromatic nitrogens is 3. The standard InChI is InChI=1S/C30H28F2N4O5/c1-4-5-22(37)40-27-21(39-3)14-15-33-26(27)29(38)34-16(2)28-35-30(41-36-28)25-23(17-6-10-19(31)11-7-17)24(25)18-8-12-20(32)13-9-18/h6-16,23-25H,4-5H2,1-3H3,(H,34,38)/t16-,23?,24?,25?/m0/s1. The molecule has 0 saturated heterocycles. The molecule has 1 amide bonds. The molecule has 0 radical (unpaired) electrons. The molecule has 1 N–H and O–H groups in total. The number of methoxy groups -OCH3 is 1. The fourth-order valence-corrected chi connectivity index (χ4v) is 4.93. The topological polar surface area (TPSA) is 116 Å². The van der Waals surface area contributed by atoms with Crippen LogP contribution in [0, 0.1) is 11.6 Å². The first kappa shape index (κ1) is 27.9. The quantitative estimate of drug-likeness (QED) is 0.248. The molecule has 0 spiro atoms. The monoisotopic (exact) mass is 562 g/mol. The fraction of sp³-hybridized carbons (Fsp3) is 0.300. The number of hydrogen-bond acceptors (Lipinski definition) is 8. The van der Waals surface area contributed by atoms with Gasteiger partial charge >= 0.3 is 5.97 Å². The van der Waals surface area contributed by atoms with Gasteiger partial charge in [-0.25, -0.2) is 13.8 Å². The molecule has 212 valence electrons. The first-order valence-electron chi connectivity index (χ1n) is 13.2. The Morgan fingerprint density at radius 1 is 0.976 bits per heavy atom. The van der Waals surface area contributed by atoms with E-state index >= 15 is 0 Å². The summed E-state index contributed by atoms with van der Waals surface area (Å²) in [6, 6.07) is 13.2. The largest absolute Gasteiger partial charge is 0.493 e. The van der Waals surface area contributed by atoms with Crippen molar-refractivity contribution in [1.29, 1.82) is 0 Å². The minimum absolute atomic E-state index is 0.0748. The van der Waals surface area contributed by atoms with Gasteiger partial charge in [0.15, 0.2) is 17.3 Å². The van der Waals surface area contributed by atoms with E-state index in [0.717, 1.165) is 11.1 Å². The first-order valence-corrected chi connectivity index (χ1v) is 13.2. The molecule has 9 nitrogen and oxygen atoms in total. The van der Waals surface area contributed by atoms with Gasteiger partial charge in [0.25, 0.3) is 5.91 Å². The summed E-state index contributed by atoms with van der Waals surface area (Å²) in [4.78, 5) is 34.0. The van der Waals surface area contributed by atoms with E-state index in [-0.39, 0.29) is 58.8 Å². The maximum atomic E-state index is 13.6. The van der Waals surface area contributed by atoms with Gasteiger partial charge in [-0.3, -0.25) is 9.59 Å². The van der Waals surface area contributed by atoms with Crippen molar-refractivity contribution in [2.75, 3.05) is 7.11 Å². The molecule has 4 aromatic rings. The zero-order chi connectivity index (χ0) is 29.1. The lowest BCUT2D eigenvalue weighted by atomic mass is 10.0. The number of carbonyl (C=O) groups excluding carboxylic acids is 2. The number of hydrogen-bond donors (Lipinski definition) is 1. The Morgan fingerprint density at radius 2 is 1.59 bits per heavy atom. The van der Waals surface area contributed by atoms with Gasteiger partial charge in [-0.1, -0.05) is 36.3 Å². The van der Waals surface area contributed by atoms with Crippen LogP contribution in [0.1, 0.15) is 83.8 Å². The minimum Gasteiger partial charge on any atom is -0.493 e. The molecular weight excluding hydrogens is 534 g/mol. The third-order valence-corrected chi connectivity index (χ3v) is 6.98. The van der Waals surface area contributed by atoms with Crippen LogP contribution in [0.15, 0.2) is 65.3 Å². The second kappa shape index (κ2) is 11.8. The lowest BCUT2D eigenvalue weighted by molar-refractivity contribution is -0.134. The highest BCUT2D eigenvalue weighted by Crippen LogP contribution is 2.65. The molecule has 2 heterocycles. The Morgan fingerprint density at radius 3 is 2.15 bits per heavy atom. The summed E-state index contributed by atoms with van der Waals surface area (Å²) in [6.45, 7) is 3.51. The van der Waals surface area contributed by atoms with Crippen LogP contribution in [0.4, 0.5) is 8.78 Å². The first-order chi connectivity index (χ1) is 19.8. The van der Waals surface area contributed by atoms with E-state index in [9.17, 15) is 18.4 Å². The van der Waals surface area contributed by atoms with E-state index in [1.54, 1.807) is 31.2 Å². The maximum Gasteiger partial charge on any atom is 0.311 e. The Kier molecular flexibility index (Phi) is 8.04. The minimum atomic E-state index is -0.695. The van der Waals surface area contributed by atoms with Crippen molar-refractivity contribution >= 4 is 11.9 Å². The number of pyridine rings is 1. The molecule has 1 fully saturated rings. The number of amides is 1. The van der Waals surface area contributed by atoms with Crippen LogP contribution in [-0.4, -0.2) is 34.1 Å². The van der Waals surface area contributed by atoms with E-state index in [1.165, 1.54) is 43.6 Å². The number of nitrogens with one attached hydrogen (secondary N) is 1. The highest BCUT2D eigenvalue weighted by atomic mass is 19.1. The normalized spacial score (nSPS) is 18.4. The third kappa shape index (κ3) is 5.93. The second-order valence-electron chi connectivity index (χ2n) is 9.78. The molecule has 11 heteroatoms. The smallest absolute Gasteiger partial charge is 0.311 e. The number of carbonyl (C=O) groups is 2. The summed E-state index contributed by atoms with van der Waals surface area (Å²) in [7, 11) is 1.40. The average molecular weight is 563 g/mol. The Balaban J connectivity index is 1.36. The summed E-state index contributed by atoms with van der Waals surface area (Å²) >= 11 is 0.